The van der Waals surface area contributed by atoms with E-state index in [0.717, 1.165) is 23.9 Å². The maximum atomic E-state index is 10.8. The maximum absolute atomic E-state index is 10.8. The highest BCUT2D eigenvalue weighted by molar-refractivity contribution is 9.10. The summed E-state index contributed by atoms with van der Waals surface area (Å²) in [6, 6.07) is 5.58. The number of non-ortho nitro benzene ring substituents is 1. The molecule has 2 rings (SSSR count). The number of benzene rings is 1. The Hall–Kier alpha value is -0.940. The van der Waals surface area contributed by atoms with Crippen molar-refractivity contribution in [2.75, 3.05) is 6.54 Å². The third-order valence-corrected chi connectivity index (χ3v) is 5.04. The van der Waals surface area contributed by atoms with E-state index in [2.05, 4.69) is 35.1 Å². The maximum Gasteiger partial charge on any atom is 0.270 e. The molecule has 1 unspecified atom stereocenters. The van der Waals surface area contributed by atoms with Crippen LogP contribution >= 0.6 is 15.9 Å². The number of rotatable bonds is 7. The van der Waals surface area contributed by atoms with Gasteiger partial charge in [0.1, 0.15) is 0 Å². The van der Waals surface area contributed by atoms with Gasteiger partial charge in [-0.3, -0.25) is 10.1 Å². The molecule has 0 aliphatic heterocycles. The fraction of sp³-hybridized carbons (Fsp3) is 0.600. The van der Waals surface area contributed by atoms with Crippen LogP contribution in [0.15, 0.2) is 22.7 Å². The molecule has 4 nitrogen and oxygen atoms in total. The third-order valence-electron chi connectivity index (χ3n) is 4.30. The van der Waals surface area contributed by atoms with E-state index in [0.29, 0.717) is 11.5 Å². The van der Waals surface area contributed by atoms with Crippen molar-refractivity contribution in [1.29, 1.82) is 0 Å². The molecule has 0 heterocycles. The van der Waals surface area contributed by atoms with Gasteiger partial charge in [-0.05, 0) is 50.1 Å². The number of nitrogens with one attached hydrogen (secondary N) is 1. The summed E-state index contributed by atoms with van der Waals surface area (Å²) in [7, 11) is 0. The molecular weight excluding hydrogens is 320 g/mol. The molecule has 0 spiro atoms. The van der Waals surface area contributed by atoms with Gasteiger partial charge in [0.2, 0.25) is 0 Å². The first kappa shape index (κ1) is 15.4. The van der Waals surface area contributed by atoms with Crippen molar-refractivity contribution in [1.82, 2.24) is 5.32 Å². The van der Waals surface area contributed by atoms with E-state index in [1.807, 2.05) is 6.07 Å². The average molecular weight is 341 g/mol. The minimum atomic E-state index is -0.354. The van der Waals surface area contributed by atoms with Gasteiger partial charge >= 0.3 is 0 Å². The van der Waals surface area contributed by atoms with E-state index in [1.54, 1.807) is 12.1 Å². The van der Waals surface area contributed by atoms with E-state index >= 15 is 0 Å². The second-order valence-corrected chi connectivity index (χ2v) is 6.60. The number of nitro benzene ring substituents is 1. The van der Waals surface area contributed by atoms with Crippen molar-refractivity contribution in [3.63, 3.8) is 0 Å². The molecule has 1 aliphatic rings. The van der Waals surface area contributed by atoms with Crippen LogP contribution in [-0.2, 0) is 6.42 Å². The van der Waals surface area contributed by atoms with E-state index < -0.39 is 0 Å². The SMILES string of the molecule is CCCNC(C)C1(Cc2ccc([N+](=O)[O-])cc2Br)CC1. The smallest absolute Gasteiger partial charge is 0.270 e. The fourth-order valence-corrected chi connectivity index (χ4v) is 3.18. The van der Waals surface area contributed by atoms with Crippen LogP contribution in [0.1, 0.15) is 38.7 Å². The van der Waals surface area contributed by atoms with E-state index in [9.17, 15) is 10.1 Å². The Morgan fingerprint density at radius 3 is 2.70 bits per heavy atom. The zero-order valence-electron chi connectivity index (χ0n) is 12.0. The monoisotopic (exact) mass is 340 g/mol. The Morgan fingerprint density at radius 1 is 1.50 bits per heavy atom. The molecule has 1 N–H and O–H groups in total. The topological polar surface area (TPSA) is 55.2 Å². The number of nitrogens with zero attached hydrogens (tertiary/aromatic N) is 1. The Balaban J connectivity index is 2.08. The summed E-state index contributed by atoms with van der Waals surface area (Å²) in [6.07, 6.45) is 4.58. The average Bonchev–Trinajstić information content (AvgIpc) is 3.19. The molecule has 0 saturated heterocycles. The van der Waals surface area contributed by atoms with Crippen molar-refractivity contribution in [2.45, 2.75) is 45.6 Å². The fourth-order valence-electron chi connectivity index (χ4n) is 2.67. The number of hydrogen-bond donors (Lipinski definition) is 1. The summed E-state index contributed by atoms with van der Waals surface area (Å²) >= 11 is 3.47. The predicted molar refractivity (Wildman–Crippen MR) is 83.9 cm³/mol. The summed E-state index contributed by atoms with van der Waals surface area (Å²) in [4.78, 5) is 10.4. The van der Waals surface area contributed by atoms with Gasteiger partial charge < -0.3 is 5.32 Å². The van der Waals surface area contributed by atoms with Gasteiger partial charge in [-0.1, -0.05) is 28.9 Å². The Kier molecular flexibility index (Phi) is 4.81. The molecule has 1 aromatic rings. The summed E-state index contributed by atoms with van der Waals surface area (Å²) in [6.45, 7) is 5.47. The zero-order chi connectivity index (χ0) is 14.8. The Labute approximate surface area is 128 Å². The van der Waals surface area contributed by atoms with Gasteiger partial charge in [0.15, 0.2) is 0 Å². The first-order valence-electron chi connectivity index (χ1n) is 7.15. The Morgan fingerprint density at radius 2 is 2.20 bits per heavy atom. The van der Waals surface area contributed by atoms with Gasteiger partial charge in [-0.15, -0.1) is 0 Å². The minimum Gasteiger partial charge on any atom is -0.314 e. The summed E-state index contributed by atoms with van der Waals surface area (Å²) in [5.74, 6) is 0. The highest BCUT2D eigenvalue weighted by atomic mass is 79.9. The van der Waals surface area contributed by atoms with E-state index in [4.69, 9.17) is 0 Å². The van der Waals surface area contributed by atoms with Gasteiger partial charge in [0.25, 0.3) is 5.69 Å². The van der Waals surface area contributed by atoms with Crippen molar-refractivity contribution in [3.05, 3.63) is 38.3 Å². The molecule has 110 valence electrons. The summed E-state index contributed by atoms with van der Waals surface area (Å²) in [5, 5.41) is 14.3. The number of nitro groups is 1. The summed E-state index contributed by atoms with van der Waals surface area (Å²) < 4.78 is 0.848. The Bertz CT molecular complexity index is 501. The lowest BCUT2D eigenvalue weighted by molar-refractivity contribution is -0.384. The molecule has 1 fully saturated rings. The van der Waals surface area contributed by atoms with Gasteiger partial charge in [0.05, 0.1) is 4.92 Å². The summed E-state index contributed by atoms with van der Waals surface area (Å²) in [5.41, 5.74) is 1.63. The predicted octanol–water partition coefficient (Wildman–Crippen LogP) is 4.07. The highest BCUT2D eigenvalue weighted by Gasteiger charge is 2.47. The third kappa shape index (κ3) is 3.38. The van der Waals surface area contributed by atoms with E-state index in [-0.39, 0.29) is 10.6 Å². The van der Waals surface area contributed by atoms with Crippen LogP contribution in [0.25, 0.3) is 0 Å². The molecule has 1 atom stereocenters. The van der Waals surface area contributed by atoms with Gasteiger partial charge in [-0.25, -0.2) is 0 Å². The van der Waals surface area contributed by atoms with Crippen LogP contribution in [0.2, 0.25) is 0 Å². The van der Waals surface area contributed by atoms with Gasteiger partial charge in [0, 0.05) is 22.6 Å². The molecule has 0 bridgehead atoms. The van der Waals surface area contributed by atoms with Crippen LogP contribution in [-0.4, -0.2) is 17.5 Å². The van der Waals surface area contributed by atoms with Gasteiger partial charge in [-0.2, -0.15) is 0 Å². The molecule has 1 aromatic carbocycles. The molecule has 0 amide bonds. The number of halogens is 1. The second kappa shape index (κ2) is 6.22. The lowest BCUT2D eigenvalue weighted by Gasteiger charge is -2.25. The van der Waals surface area contributed by atoms with Crippen LogP contribution < -0.4 is 5.32 Å². The quantitative estimate of drug-likeness (QED) is 0.601. The number of hydrogen-bond acceptors (Lipinski definition) is 3. The standard InChI is InChI=1S/C15H21BrN2O2/c1-3-8-17-11(2)15(6-7-15)10-12-4-5-13(18(19)20)9-14(12)16/h4-5,9,11,17H,3,6-8,10H2,1-2H3. The van der Waals surface area contributed by atoms with Crippen LogP contribution in [0.5, 0.6) is 0 Å². The molecule has 1 aliphatic carbocycles. The van der Waals surface area contributed by atoms with E-state index in [1.165, 1.54) is 18.4 Å². The molecule has 0 aromatic heterocycles. The molecule has 1 saturated carbocycles. The first-order chi connectivity index (χ1) is 9.48. The van der Waals surface area contributed by atoms with Crippen molar-refractivity contribution >= 4 is 21.6 Å². The van der Waals surface area contributed by atoms with Crippen LogP contribution in [0.3, 0.4) is 0 Å². The van der Waals surface area contributed by atoms with Crippen LogP contribution in [0.4, 0.5) is 5.69 Å². The molecule has 0 radical (unpaired) electrons. The van der Waals surface area contributed by atoms with Crippen molar-refractivity contribution in [2.24, 2.45) is 5.41 Å². The largest absolute Gasteiger partial charge is 0.314 e. The second-order valence-electron chi connectivity index (χ2n) is 5.75. The lowest BCUT2D eigenvalue weighted by Crippen LogP contribution is -2.36. The minimum absolute atomic E-state index is 0.141. The highest BCUT2D eigenvalue weighted by Crippen LogP contribution is 2.52. The molecule has 5 heteroatoms. The normalized spacial score (nSPS) is 17.8. The van der Waals surface area contributed by atoms with Crippen molar-refractivity contribution in [3.8, 4) is 0 Å². The zero-order valence-corrected chi connectivity index (χ0v) is 13.6. The van der Waals surface area contributed by atoms with Crippen LogP contribution in [0, 0.1) is 15.5 Å². The first-order valence-corrected chi connectivity index (χ1v) is 7.94. The lowest BCUT2D eigenvalue weighted by atomic mass is 9.89. The molecular formula is C15H21BrN2O2. The molecule has 20 heavy (non-hydrogen) atoms. The van der Waals surface area contributed by atoms with Crippen molar-refractivity contribution < 1.29 is 4.92 Å².